The number of benzene rings is 2. The van der Waals surface area contributed by atoms with Gasteiger partial charge in [0.25, 0.3) is 11.7 Å². The summed E-state index contributed by atoms with van der Waals surface area (Å²) in [6.45, 7) is 0.474. The second-order valence-electron chi connectivity index (χ2n) is 6.80. The average Bonchev–Trinajstić information content (AvgIpc) is 3.42. The van der Waals surface area contributed by atoms with Gasteiger partial charge in [-0.2, -0.15) is 10.2 Å². The Kier molecular flexibility index (Phi) is 4.97. The molecule has 5 aromatic rings. The quantitative estimate of drug-likeness (QED) is 0.348. The van der Waals surface area contributed by atoms with E-state index < -0.39 is 0 Å². The summed E-state index contributed by atoms with van der Waals surface area (Å²) in [5, 5.41) is 17.3. The van der Waals surface area contributed by atoms with Crippen LogP contribution in [0.1, 0.15) is 21.8 Å². The van der Waals surface area contributed by atoms with E-state index in [1.54, 1.807) is 24.4 Å². The van der Waals surface area contributed by atoms with Crippen LogP contribution < -0.4 is 0 Å². The Bertz CT molecular complexity index is 1410. The van der Waals surface area contributed by atoms with Crippen LogP contribution >= 0.6 is 23.2 Å². The van der Waals surface area contributed by atoms with Crippen LogP contribution in [0.15, 0.2) is 71.5 Å². The molecule has 0 aliphatic heterocycles. The molecular weight excluding hydrogens is 437 g/mol. The fourth-order valence-electron chi connectivity index (χ4n) is 3.36. The highest BCUT2D eigenvalue weighted by Gasteiger charge is 2.22. The second kappa shape index (κ2) is 7.94. The van der Waals surface area contributed by atoms with Crippen molar-refractivity contribution in [2.45, 2.75) is 6.54 Å². The maximum absolute atomic E-state index is 13.2. The summed E-state index contributed by atoms with van der Waals surface area (Å²) >= 11 is 12.4. The highest BCUT2D eigenvalue weighted by atomic mass is 35.5. The van der Waals surface area contributed by atoms with Crippen molar-refractivity contribution >= 4 is 39.9 Å². The van der Waals surface area contributed by atoms with Gasteiger partial charge in [-0.3, -0.25) is 4.79 Å². The van der Waals surface area contributed by atoms with Crippen LogP contribution in [0.2, 0.25) is 10.0 Å². The Morgan fingerprint density at radius 2 is 1.90 bits per heavy atom. The van der Waals surface area contributed by atoms with Gasteiger partial charge in [0.2, 0.25) is 5.89 Å². The van der Waals surface area contributed by atoms with E-state index in [9.17, 15) is 4.79 Å². The van der Waals surface area contributed by atoms with Crippen LogP contribution in [0, 0.1) is 0 Å². The number of fused-ring (bicyclic) bond motifs is 1. The molecule has 0 N–H and O–H groups in total. The summed E-state index contributed by atoms with van der Waals surface area (Å²) in [4.78, 5) is 13.2. The van der Waals surface area contributed by atoms with Gasteiger partial charge in [-0.1, -0.05) is 47.5 Å². The van der Waals surface area contributed by atoms with Crippen molar-refractivity contribution in [2.75, 3.05) is 0 Å². The molecule has 0 fully saturated rings. The Hall–Kier alpha value is -3.55. The molecule has 0 saturated carbocycles. The smallest absolute Gasteiger partial charge is 0.289 e. The highest BCUT2D eigenvalue weighted by Crippen LogP contribution is 2.28. The largest absolute Gasteiger partial charge is 0.413 e. The predicted molar refractivity (Wildman–Crippen MR) is 116 cm³/mol. The van der Waals surface area contributed by atoms with Crippen LogP contribution in [0.5, 0.6) is 0 Å². The molecule has 7 nitrogen and oxygen atoms in total. The van der Waals surface area contributed by atoms with Crippen molar-refractivity contribution in [1.82, 2.24) is 25.0 Å². The van der Waals surface area contributed by atoms with E-state index in [4.69, 9.17) is 27.6 Å². The van der Waals surface area contributed by atoms with Gasteiger partial charge >= 0.3 is 0 Å². The zero-order chi connectivity index (χ0) is 21.4. The van der Waals surface area contributed by atoms with Crippen molar-refractivity contribution in [2.24, 2.45) is 0 Å². The second-order valence-corrected chi connectivity index (χ2v) is 7.64. The number of carbonyl (C=O) groups excluding carboxylic acids is 1. The first kappa shape index (κ1) is 19.4. The Labute approximate surface area is 186 Å². The maximum Gasteiger partial charge on any atom is 0.289 e. The number of para-hydroxylation sites is 1. The minimum absolute atomic E-state index is 0.0979. The fourth-order valence-corrected chi connectivity index (χ4v) is 3.82. The SMILES string of the molecule is O=C(c1nnc(-c2ccnnc2)o1)c1cn(Cc2ccc(Cl)cc2Cl)c2ccccc12. The van der Waals surface area contributed by atoms with E-state index in [0.29, 0.717) is 27.7 Å². The summed E-state index contributed by atoms with van der Waals surface area (Å²) in [5.41, 5.74) is 2.82. The standard InChI is InChI=1S/C22H13Cl2N5O2/c23-15-6-5-14(18(24)9-15)11-29-12-17(16-3-1-2-4-19(16)29)20(30)22-28-27-21(31-22)13-7-8-25-26-10-13/h1-10,12H,11H2. The topological polar surface area (TPSA) is 86.7 Å². The average molecular weight is 450 g/mol. The lowest BCUT2D eigenvalue weighted by atomic mass is 10.1. The molecular formula is C22H13Cl2N5O2. The predicted octanol–water partition coefficient (Wildman–Crippen LogP) is 5.07. The van der Waals surface area contributed by atoms with Gasteiger partial charge in [0, 0.05) is 33.7 Å². The first-order chi connectivity index (χ1) is 15.1. The lowest BCUT2D eigenvalue weighted by Gasteiger charge is -2.08. The first-order valence-electron chi connectivity index (χ1n) is 9.27. The number of hydrogen-bond acceptors (Lipinski definition) is 6. The number of hydrogen-bond donors (Lipinski definition) is 0. The van der Waals surface area contributed by atoms with Crippen LogP contribution in [0.3, 0.4) is 0 Å². The molecule has 0 spiro atoms. The van der Waals surface area contributed by atoms with Crippen molar-refractivity contribution < 1.29 is 9.21 Å². The molecule has 31 heavy (non-hydrogen) atoms. The molecule has 0 bridgehead atoms. The number of nitrogens with zero attached hydrogens (tertiary/aromatic N) is 5. The third-order valence-corrected chi connectivity index (χ3v) is 5.43. The Morgan fingerprint density at radius 1 is 1.03 bits per heavy atom. The molecule has 3 aromatic heterocycles. The molecule has 0 aliphatic carbocycles. The number of carbonyl (C=O) groups is 1. The van der Waals surface area contributed by atoms with Crippen LogP contribution in [-0.2, 0) is 6.54 Å². The zero-order valence-electron chi connectivity index (χ0n) is 15.9. The van der Waals surface area contributed by atoms with E-state index in [1.807, 2.05) is 34.9 Å². The molecule has 3 heterocycles. The van der Waals surface area contributed by atoms with Crippen LogP contribution in [0.4, 0.5) is 0 Å². The number of aromatic nitrogens is 5. The third-order valence-electron chi connectivity index (χ3n) is 4.84. The summed E-state index contributed by atoms with van der Waals surface area (Å²) < 4.78 is 7.57. The Morgan fingerprint density at radius 3 is 2.71 bits per heavy atom. The normalized spacial score (nSPS) is 11.2. The van der Waals surface area contributed by atoms with Gasteiger partial charge in [0.1, 0.15) is 0 Å². The lowest BCUT2D eigenvalue weighted by molar-refractivity contribution is 0.100. The summed E-state index contributed by atoms with van der Waals surface area (Å²) in [6.07, 6.45) is 4.77. The lowest BCUT2D eigenvalue weighted by Crippen LogP contribution is -2.02. The van der Waals surface area contributed by atoms with Gasteiger partial charge in [-0.25, -0.2) is 0 Å². The van der Waals surface area contributed by atoms with Crippen molar-refractivity contribution in [3.8, 4) is 11.5 Å². The summed E-state index contributed by atoms with van der Waals surface area (Å²) in [5.74, 6) is -0.257. The molecule has 2 aromatic carbocycles. The van der Waals surface area contributed by atoms with E-state index in [-0.39, 0.29) is 17.6 Å². The zero-order valence-corrected chi connectivity index (χ0v) is 17.4. The minimum Gasteiger partial charge on any atom is -0.413 e. The van der Waals surface area contributed by atoms with Gasteiger partial charge in [0.05, 0.1) is 23.5 Å². The van der Waals surface area contributed by atoms with Gasteiger partial charge in [-0.15, -0.1) is 10.2 Å². The Balaban J connectivity index is 1.53. The van der Waals surface area contributed by atoms with Crippen molar-refractivity contribution in [1.29, 1.82) is 0 Å². The van der Waals surface area contributed by atoms with Gasteiger partial charge < -0.3 is 8.98 Å². The van der Waals surface area contributed by atoms with E-state index in [2.05, 4.69) is 20.4 Å². The molecule has 0 unspecified atom stereocenters. The molecule has 5 rings (SSSR count). The van der Waals surface area contributed by atoms with Crippen molar-refractivity contribution in [3.05, 3.63) is 94.2 Å². The number of halogens is 2. The van der Waals surface area contributed by atoms with Crippen LogP contribution in [-0.4, -0.2) is 30.7 Å². The first-order valence-corrected chi connectivity index (χ1v) is 10.0. The van der Waals surface area contributed by atoms with Gasteiger partial charge in [-0.05, 0) is 29.8 Å². The maximum atomic E-state index is 13.2. The molecule has 0 aliphatic rings. The number of rotatable bonds is 5. The van der Waals surface area contributed by atoms with Crippen LogP contribution in [0.25, 0.3) is 22.4 Å². The molecule has 0 atom stereocenters. The van der Waals surface area contributed by atoms with Gasteiger partial charge in [0.15, 0.2) is 0 Å². The minimum atomic E-state index is -0.363. The molecule has 0 amide bonds. The number of ketones is 1. The molecule has 0 radical (unpaired) electrons. The third kappa shape index (κ3) is 3.69. The monoisotopic (exact) mass is 449 g/mol. The van der Waals surface area contributed by atoms with E-state index in [1.165, 1.54) is 12.4 Å². The summed E-state index contributed by atoms with van der Waals surface area (Å²) in [7, 11) is 0. The highest BCUT2D eigenvalue weighted by molar-refractivity contribution is 6.35. The van der Waals surface area contributed by atoms with E-state index >= 15 is 0 Å². The molecule has 152 valence electrons. The fraction of sp³-hybridized carbons (Fsp3) is 0.0455. The molecule has 0 saturated heterocycles. The molecule has 9 heteroatoms. The van der Waals surface area contributed by atoms with E-state index in [0.717, 1.165) is 16.5 Å². The summed E-state index contributed by atoms with van der Waals surface area (Å²) in [6, 6.07) is 14.6. The van der Waals surface area contributed by atoms with Crippen molar-refractivity contribution in [3.63, 3.8) is 0 Å².